The van der Waals surface area contributed by atoms with E-state index in [9.17, 15) is 0 Å². The van der Waals surface area contributed by atoms with Gasteiger partial charge in [0.2, 0.25) is 0 Å². The molecule has 3 N–H and O–H groups in total. The van der Waals surface area contributed by atoms with Gasteiger partial charge in [0.15, 0.2) is 0 Å². The molecule has 0 amide bonds. The molecule has 3 nitrogen and oxygen atoms in total. The van der Waals surface area contributed by atoms with Crippen molar-refractivity contribution in [2.45, 2.75) is 38.3 Å². The minimum Gasteiger partial charge on any atom is -0.399 e. The number of nitrogens with two attached hydrogens (primary N) is 1. The van der Waals surface area contributed by atoms with Gasteiger partial charge >= 0.3 is 0 Å². The average Bonchev–Trinajstić information content (AvgIpc) is 2.88. The second-order valence-corrected chi connectivity index (χ2v) is 5.36. The summed E-state index contributed by atoms with van der Waals surface area (Å²) in [6.07, 6.45) is 3.99. The molecule has 1 aromatic carbocycles. The van der Waals surface area contributed by atoms with Gasteiger partial charge in [0.1, 0.15) is 0 Å². The Kier molecular flexibility index (Phi) is 2.71. The number of fused-ring (bicyclic) bond motifs is 1. The van der Waals surface area contributed by atoms with Crippen LogP contribution in [0.4, 0.5) is 11.4 Å². The Morgan fingerprint density at radius 3 is 3.00 bits per heavy atom. The zero-order valence-electron chi connectivity index (χ0n) is 10.4. The molecule has 3 heteroatoms. The smallest absolute Gasteiger partial charge is 0.0429 e. The molecule has 17 heavy (non-hydrogen) atoms. The van der Waals surface area contributed by atoms with Gasteiger partial charge in [-0.25, -0.2) is 0 Å². The quantitative estimate of drug-likeness (QED) is 0.767. The molecular weight excluding hydrogens is 210 g/mol. The lowest BCUT2D eigenvalue weighted by atomic mass is 10.1. The van der Waals surface area contributed by atoms with E-state index in [4.69, 9.17) is 5.73 Å². The van der Waals surface area contributed by atoms with Gasteiger partial charge in [-0.2, -0.15) is 0 Å². The number of hydrogen-bond donors (Lipinski definition) is 2. The van der Waals surface area contributed by atoms with E-state index in [0.29, 0.717) is 6.04 Å². The van der Waals surface area contributed by atoms with E-state index in [2.05, 4.69) is 29.3 Å². The third-order valence-corrected chi connectivity index (χ3v) is 4.23. The predicted octanol–water partition coefficient (Wildman–Crippen LogP) is 2.23. The van der Waals surface area contributed by atoms with E-state index in [1.807, 2.05) is 6.07 Å². The predicted molar refractivity (Wildman–Crippen MR) is 72.2 cm³/mol. The van der Waals surface area contributed by atoms with E-state index in [-0.39, 0.29) is 0 Å². The maximum Gasteiger partial charge on any atom is 0.0429 e. The second-order valence-electron chi connectivity index (χ2n) is 5.36. The molecule has 0 aromatic heterocycles. The number of nitrogens with one attached hydrogen (secondary N) is 1. The van der Waals surface area contributed by atoms with Crippen molar-refractivity contribution in [2.24, 2.45) is 0 Å². The van der Waals surface area contributed by atoms with Crippen molar-refractivity contribution in [1.29, 1.82) is 0 Å². The molecule has 0 saturated carbocycles. The lowest BCUT2D eigenvalue weighted by Gasteiger charge is -2.22. The third-order valence-electron chi connectivity index (χ3n) is 4.23. The molecule has 2 fully saturated rings. The summed E-state index contributed by atoms with van der Waals surface area (Å²) >= 11 is 0. The minimum absolute atomic E-state index is 0.625. The standard InChI is InChI=1S/C14H21N3/c1-10-9-11(4-5-12(10)15)16-13-6-8-17-7-2-3-14(13)17/h4-5,9,13-14,16H,2-3,6-8,15H2,1H3. The Bertz CT molecular complexity index is 416. The molecular formula is C14H21N3. The van der Waals surface area contributed by atoms with Crippen molar-refractivity contribution in [3.8, 4) is 0 Å². The number of rotatable bonds is 2. The summed E-state index contributed by atoms with van der Waals surface area (Å²) in [5, 5.41) is 3.68. The van der Waals surface area contributed by atoms with Gasteiger partial charge < -0.3 is 11.1 Å². The minimum atomic E-state index is 0.625. The molecule has 2 aliphatic rings. The van der Waals surface area contributed by atoms with E-state index in [1.165, 1.54) is 38.0 Å². The van der Waals surface area contributed by atoms with Crippen LogP contribution in [0, 0.1) is 6.92 Å². The number of anilines is 2. The second kappa shape index (κ2) is 4.22. The van der Waals surface area contributed by atoms with E-state index >= 15 is 0 Å². The van der Waals surface area contributed by atoms with Crippen LogP contribution in [0.25, 0.3) is 0 Å². The summed E-state index contributed by atoms with van der Waals surface area (Å²) in [6, 6.07) is 7.64. The summed E-state index contributed by atoms with van der Waals surface area (Å²) in [7, 11) is 0. The summed E-state index contributed by atoms with van der Waals surface area (Å²) in [5.41, 5.74) is 9.11. The SMILES string of the molecule is Cc1cc(NC2CCN3CCCC23)ccc1N. The molecule has 2 heterocycles. The summed E-state index contributed by atoms with van der Waals surface area (Å²) < 4.78 is 0. The molecule has 2 aliphatic heterocycles. The van der Waals surface area contributed by atoms with Crippen LogP contribution in [-0.2, 0) is 0 Å². The third kappa shape index (κ3) is 2.00. The van der Waals surface area contributed by atoms with Crippen molar-refractivity contribution in [2.75, 3.05) is 24.1 Å². The lowest BCUT2D eigenvalue weighted by molar-refractivity contribution is 0.318. The first-order valence-electron chi connectivity index (χ1n) is 6.61. The zero-order chi connectivity index (χ0) is 11.8. The maximum absolute atomic E-state index is 5.85. The highest BCUT2D eigenvalue weighted by Gasteiger charge is 2.36. The average molecular weight is 231 g/mol. The Morgan fingerprint density at radius 1 is 1.29 bits per heavy atom. The largest absolute Gasteiger partial charge is 0.399 e. The van der Waals surface area contributed by atoms with Crippen molar-refractivity contribution in [1.82, 2.24) is 4.90 Å². The van der Waals surface area contributed by atoms with Gasteiger partial charge in [0.05, 0.1) is 0 Å². The molecule has 2 saturated heterocycles. The van der Waals surface area contributed by atoms with Gasteiger partial charge in [-0.15, -0.1) is 0 Å². The highest BCUT2D eigenvalue weighted by molar-refractivity contribution is 5.57. The van der Waals surface area contributed by atoms with E-state index in [1.54, 1.807) is 0 Å². The van der Waals surface area contributed by atoms with Crippen LogP contribution < -0.4 is 11.1 Å². The fourth-order valence-corrected chi connectivity index (χ4v) is 3.23. The van der Waals surface area contributed by atoms with Crippen molar-refractivity contribution < 1.29 is 0 Å². The summed E-state index contributed by atoms with van der Waals surface area (Å²) in [6.45, 7) is 4.62. The molecule has 1 aromatic rings. The van der Waals surface area contributed by atoms with Gasteiger partial charge in [0, 0.05) is 30.0 Å². The van der Waals surface area contributed by atoms with Gasteiger partial charge in [-0.1, -0.05) is 0 Å². The summed E-state index contributed by atoms with van der Waals surface area (Å²) in [4.78, 5) is 2.63. The van der Waals surface area contributed by atoms with Gasteiger partial charge in [-0.05, 0) is 56.5 Å². The molecule has 92 valence electrons. The Balaban J connectivity index is 1.72. The topological polar surface area (TPSA) is 41.3 Å². The number of nitrogens with zero attached hydrogens (tertiary/aromatic N) is 1. The molecule has 0 bridgehead atoms. The van der Waals surface area contributed by atoms with Gasteiger partial charge in [-0.3, -0.25) is 4.90 Å². The van der Waals surface area contributed by atoms with Crippen LogP contribution in [0.3, 0.4) is 0 Å². The normalized spacial score (nSPS) is 28.3. The Labute approximate surface area is 103 Å². The maximum atomic E-state index is 5.85. The number of nitrogen functional groups attached to an aromatic ring is 1. The Morgan fingerprint density at radius 2 is 2.18 bits per heavy atom. The first kappa shape index (κ1) is 10.9. The van der Waals surface area contributed by atoms with Gasteiger partial charge in [0.25, 0.3) is 0 Å². The molecule has 0 radical (unpaired) electrons. The monoisotopic (exact) mass is 231 g/mol. The van der Waals surface area contributed by atoms with E-state index < -0.39 is 0 Å². The zero-order valence-corrected chi connectivity index (χ0v) is 10.4. The summed E-state index contributed by atoms with van der Waals surface area (Å²) in [5.74, 6) is 0. The van der Waals surface area contributed by atoms with E-state index in [0.717, 1.165) is 17.3 Å². The number of aryl methyl sites for hydroxylation is 1. The van der Waals surface area contributed by atoms with Crippen LogP contribution in [0.5, 0.6) is 0 Å². The highest BCUT2D eigenvalue weighted by atomic mass is 15.2. The number of benzene rings is 1. The highest BCUT2D eigenvalue weighted by Crippen LogP contribution is 2.30. The number of hydrogen-bond acceptors (Lipinski definition) is 3. The Hall–Kier alpha value is -1.22. The van der Waals surface area contributed by atoms with Crippen LogP contribution in [0.1, 0.15) is 24.8 Å². The lowest BCUT2D eigenvalue weighted by Crippen LogP contribution is -2.33. The molecule has 2 atom stereocenters. The fraction of sp³-hybridized carbons (Fsp3) is 0.571. The van der Waals surface area contributed by atoms with Crippen LogP contribution >= 0.6 is 0 Å². The first-order valence-corrected chi connectivity index (χ1v) is 6.61. The first-order chi connectivity index (χ1) is 8.24. The molecule has 0 spiro atoms. The molecule has 2 unspecified atom stereocenters. The fourth-order valence-electron chi connectivity index (χ4n) is 3.23. The van der Waals surface area contributed by atoms with Crippen molar-refractivity contribution >= 4 is 11.4 Å². The van der Waals surface area contributed by atoms with Crippen LogP contribution in [0.15, 0.2) is 18.2 Å². The van der Waals surface area contributed by atoms with Crippen molar-refractivity contribution in [3.05, 3.63) is 23.8 Å². The molecule has 3 rings (SSSR count). The van der Waals surface area contributed by atoms with Crippen LogP contribution in [-0.4, -0.2) is 30.1 Å². The molecule has 0 aliphatic carbocycles. The van der Waals surface area contributed by atoms with Crippen LogP contribution in [0.2, 0.25) is 0 Å². The van der Waals surface area contributed by atoms with Crippen molar-refractivity contribution in [3.63, 3.8) is 0 Å².